The number of imidazole rings is 1. The van der Waals surface area contributed by atoms with E-state index in [2.05, 4.69) is 15.3 Å². The van der Waals surface area contributed by atoms with Crippen molar-refractivity contribution in [3.63, 3.8) is 0 Å². The number of aliphatic hydroxyl groups excluding tert-OH is 2. The second kappa shape index (κ2) is 7.58. The maximum absolute atomic E-state index is 11.4. The van der Waals surface area contributed by atoms with Gasteiger partial charge in [-0.05, 0) is 0 Å². The van der Waals surface area contributed by atoms with Crippen molar-refractivity contribution in [1.29, 1.82) is 0 Å². The fourth-order valence-electron chi connectivity index (χ4n) is 1.55. The van der Waals surface area contributed by atoms with Crippen LogP contribution in [0.2, 0.25) is 0 Å². The van der Waals surface area contributed by atoms with Crippen LogP contribution in [0.4, 0.5) is 0 Å². The number of fused-ring (bicyclic) bond motifs is 1. The SMILES string of the molecule is Cn1c(=O)c2[nH]cnc2n(C)c1=O.OCCNCCO. The van der Waals surface area contributed by atoms with Gasteiger partial charge >= 0.3 is 5.69 Å². The monoisotopic (exact) mass is 285 g/mol. The molecule has 0 aromatic carbocycles. The van der Waals surface area contributed by atoms with E-state index in [0.29, 0.717) is 24.3 Å². The summed E-state index contributed by atoms with van der Waals surface area (Å²) in [5.41, 5.74) is 0.0119. The summed E-state index contributed by atoms with van der Waals surface area (Å²) in [6.07, 6.45) is 1.39. The van der Waals surface area contributed by atoms with Crippen LogP contribution in [-0.2, 0) is 14.1 Å². The molecule has 2 aromatic rings. The number of aliphatic hydroxyl groups is 2. The molecule has 0 amide bonds. The lowest BCUT2D eigenvalue weighted by molar-refractivity contribution is 0.267. The third-order valence-corrected chi connectivity index (χ3v) is 2.61. The van der Waals surface area contributed by atoms with Gasteiger partial charge < -0.3 is 20.5 Å². The lowest BCUT2D eigenvalue weighted by atomic mass is 10.5. The third kappa shape index (κ3) is 3.53. The van der Waals surface area contributed by atoms with Crippen LogP contribution >= 0.6 is 0 Å². The molecule has 2 heterocycles. The predicted molar refractivity (Wildman–Crippen MR) is 73.6 cm³/mol. The van der Waals surface area contributed by atoms with Gasteiger partial charge in [0.2, 0.25) is 0 Å². The summed E-state index contributed by atoms with van der Waals surface area (Å²) in [7, 11) is 3.01. The van der Waals surface area contributed by atoms with Gasteiger partial charge in [-0.15, -0.1) is 0 Å². The predicted octanol–water partition coefficient (Wildman–Crippen LogP) is -2.48. The average Bonchev–Trinajstić information content (AvgIpc) is 2.94. The molecule has 9 nitrogen and oxygen atoms in total. The second-order valence-corrected chi connectivity index (χ2v) is 4.00. The van der Waals surface area contributed by atoms with E-state index in [1.54, 1.807) is 7.05 Å². The minimum Gasteiger partial charge on any atom is -0.395 e. The van der Waals surface area contributed by atoms with Gasteiger partial charge in [-0.1, -0.05) is 0 Å². The van der Waals surface area contributed by atoms with E-state index in [9.17, 15) is 9.59 Å². The van der Waals surface area contributed by atoms with E-state index in [0.717, 1.165) is 4.57 Å². The van der Waals surface area contributed by atoms with Gasteiger partial charge in [0.1, 0.15) is 5.52 Å². The summed E-state index contributed by atoms with van der Waals surface area (Å²) in [6.45, 7) is 1.42. The Morgan fingerprint density at radius 3 is 2.35 bits per heavy atom. The van der Waals surface area contributed by atoms with Crippen molar-refractivity contribution in [2.75, 3.05) is 26.3 Å². The first kappa shape index (κ1) is 16.1. The smallest absolute Gasteiger partial charge is 0.332 e. The van der Waals surface area contributed by atoms with Crippen LogP contribution in [0.3, 0.4) is 0 Å². The van der Waals surface area contributed by atoms with Gasteiger partial charge in [-0.3, -0.25) is 13.9 Å². The molecule has 2 aromatic heterocycles. The van der Waals surface area contributed by atoms with Crippen LogP contribution in [0.15, 0.2) is 15.9 Å². The van der Waals surface area contributed by atoms with Crippen molar-refractivity contribution in [2.45, 2.75) is 0 Å². The second-order valence-electron chi connectivity index (χ2n) is 4.00. The molecular weight excluding hydrogens is 266 g/mol. The summed E-state index contributed by atoms with van der Waals surface area (Å²) >= 11 is 0. The highest BCUT2D eigenvalue weighted by molar-refractivity contribution is 5.68. The first-order valence-corrected chi connectivity index (χ1v) is 6.06. The summed E-state index contributed by atoms with van der Waals surface area (Å²) in [6, 6.07) is 0. The number of nitrogens with zero attached hydrogens (tertiary/aromatic N) is 3. The van der Waals surface area contributed by atoms with Crippen LogP contribution in [0, 0.1) is 0 Å². The van der Waals surface area contributed by atoms with E-state index in [4.69, 9.17) is 10.2 Å². The number of aromatic amines is 1. The highest BCUT2D eigenvalue weighted by atomic mass is 16.3. The molecule has 0 aliphatic carbocycles. The van der Waals surface area contributed by atoms with Crippen LogP contribution in [0.25, 0.3) is 11.2 Å². The number of aryl methyl sites for hydroxylation is 1. The Hall–Kier alpha value is -1.97. The van der Waals surface area contributed by atoms with Crippen molar-refractivity contribution in [2.24, 2.45) is 14.1 Å². The average molecular weight is 285 g/mol. The van der Waals surface area contributed by atoms with Crippen LogP contribution in [-0.4, -0.2) is 55.6 Å². The minimum atomic E-state index is -0.371. The molecule has 0 saturated carbocycles. The van der Waals surface area contributed by atoms with E-state index >= 15 is 0 Å². The van der Waals surface area contributed by atoms with E-state index < -0.39 is 0 Å². The van der Waals surface area contributed by atoms with Crippen LogP contribution in [0.5, 0.6) is 0 Å². The number of hydrogen-bond acceptors (Lipinski definition) is 6. The quantitative estimate of drug-likeness (QED) is 0.461. The van der Waals surface area contributed by atoms with Crippen molar-refractivity contribution < 1.29 is 10.2 Å². The third-order valence-electron chi connectivity index (χ3n) is 2.61. The highest BCUT2D eigenvalue weighted by Gasteiger charge is 2.08. The van der Waals surface area contributed by atoms with Crippen molar-refractivity contribution in [1.82, 2.24) is 24.4 Å². The standard InChI is InChI=1S/C7H8N4O2.C4H11NO2/c1-10-5-4(8-3-9-5)6(12)11(2)7(10)13;6-3-1-5-2-4-7/h3H,1-2H3,(H,8,9);5-7H,1-4H2. The summed E-state index contributed by atoms with van der Waals surface area (Å²) in [5.74, 6) is 0. The number of H-pyrrole nitrogens is 1. The minimum absolute atomic E-state index is 0.139. The Balaban J connectivity index is 0.000000246. The van der Waals surface area contributed by atoms with Crippen molar-refractivity contribution >= 4 is 11.2 Å². The molecule has 0 aliphatic heterocycles. The van der Waals surface area contributed by atoms with E-state index in [1.165, 1.54) is 17.9 Å². The zero-order chi connectivity index (χ0) is 15.1. The zero-order valence-corrected chi connectivity index (χ0v) is 11.5. The van der Waals surface area contributed by atoms with Crippen LogP contribution in [0.1, 0.15) is 0 Å². The molecule has 2 rings (SSSR count). The Labute approximate surface area is 114 Å². The maximum atomic E-state index is 11.4. The molecule has 0 bridgehead atoms. The van der Waals surface area contributed by atoms with E-state index in [1.807, 2.05) is 0 Å². The highest BCUT2D eigenvalue weighted by Crippen LogP contribution is 1.97. The number of hydrogen-bond donors (Lipinski definition) is 4. The topological polar surface area (TPSA) is 125 Å². The van der Waals surface area contributed by atoms with Gasteiger partial charge in [0.05, 0.1) is 19.5 Å². The molecule has 20 heavy (non-hydrogen) atoms. The first-order chi connectivity index (χ1) is 9.54. The fraction of sp³-hybridized carbons (Fsp3) is 0.545. The molecule has 0 spiro atoms. The lowest BCUT2D eigenvalue weighted by Gasteiger charge is -2.00. The molecule has 0 aliphatic rings. The Morgan fingerprint density at radius 2 is 1.80 bits per heavy atom. The molecule has 0 saturated heterocycles. The molecule has 112 valence electrons. The van der Waals surface area contributed by atoms with Crippen molar-refractivity contribution in [3.05, 3.63) is 27.2 Å². The van der Waals surface area contributed by atoms with Gasteiger partial charge in [0.25, 0.3) is 5.56 Å². The molecule has 9 heteroatoms. The summed E-state index contributed by atoms with van der Waals surface area (Å²) in [4.78, 5) is 29.4. The molecular formula is C11H19N5O4. The van der Waals surface area contributed by atoms with Gasteiger partial charge in [-0.25, -0.2) is 9.78 Å². The molecule has 4 N–H and O–H groups in total. The van der Waals surface area contributed by atoms with Gasteiger partial charge in [-0.2, -0.15) is 0 Å². The number of nitrogens with one attached hydrogen (secondary N) is 2. The molecule has 0 unspecified atom stereocenters. The lowest BCUT2D eigenvalue weighted by Crippen LogP contribution is -2.36. The normalized spacial score (nSPS) is 10.4. The summed E-state index contributed by atoms with van der Waals surface area (Å²) < 4.78 is 2.37. The molecule has 0 radical (unpaired) electrons. The van der Waals surface area contributed by atoms with Crippen LogP contribution < -0.4 is 16.6 Å². The Bertz CT molecular complexity index is 653. The largest absolute Gasteiger partial charge is 0.395 e. The molecule has 0 atom stereocenters. The Kier molecular flexibility index (Phi) is 6.10. The Morgan fingerprint density at radius 1 is 1.20 bits per heavy atom. The fourth-order valence-corrected chi connectivity index (χ4v) is 1.55. The zero-order valence-electron chi connectivity index (χ0n) is 11.5. The summed E-state index contributed by atoms with van der Waals surface area (Å²) in [5, 5.41) is 19.1. The van der Waals surface area contributed by atoms with Gasteiger partial charge in [0.15, 0.2) is 5.65 Å². The van der Waals surface area contributed by atoms with E-state index in [-0.39, 0.29) is 24.5 Å². The number of rotatable bonds is 4. The first-order valence-electron chi connectivity index (χ1n) is 6.06. The molecule has 0 fully saturated rings. The van der Waals surface area contributed by atoms with Gasteiger partial charge in [0, 0.05) is 27.2 Å². The number of aromatic nitrogens is 4. The van der Waals surface area contributed by atoms with Crippen molar-refractivity contribution in [3.8, 4) is 0 Å². The maximum Gasteiger partial charge on any atom is 0.332 e.